The minimum atomic E-state index is -0.180. The summed E-state index contributed by atoms with van der Waals surface area (Å²) < 4.78 is 0. The summed E-state index contributed by atoms with van der Waals surface area (Å²) in [6, 6.07) is 9.70. The Morgan fingerprint density at radius 1 is 1.43 bits per heavy atom. The standard InChI is InChI=1S/C15H17N3O2S/c19-10-12-7-4-8-18(12)15(20)17-14-16-9-13(21-14)11-5-2-1-3-6-11/h1-3,5-6,9,12,19H,4,7-8,10H2,(H,16,17,20)/t12-/m1/s1. The lowest BCUT2D eigenvalue weighted by molar-refractivity contribution is 0.166. The van der Waals surface area contributed by atoms with E-state index in [-0.39, 0.29) is 18.7 Å². The van der Waals surface area contributed by atoms with Gasteiger partial charge in [0.25, 0.3) is 0 Å². The van der Waals surface area contributed by atoms with Crippen molar-refractivity contribution in [2.45, 2.75) is 18.9 Å². The molecule has 2 amide bonds. The largest absolute Gasteiger partial charge is 0.394 e. The Balaban J connectivity index is 1.69. The first-order chi connectivity index (χ1) is 10.3. The van der Waals surface area contributed by atoms with Gasteiger partial charge in [0, 0.05) is 12.7 Å². The van der Waals surface area contributed by atoms with Gasteiger partial charge in [-0.25, -0.2) is 9.78 Å². The monoisotopic (exact) mass is 303 g/mol. The summed E-state index contributed by atoms with van der Waals surface area (Å²) in [4.78, 5) is 19.2. The number of aromatic nitrogens is 1. The third-order valence-electron chi connectivity index (χ3n) is 3.63. The van der Waals surface area contributed by atoms with Crippen LogP contribution in [-0.4, -0.2) is 40.2 Å². The maximum Gasteiger partial charge on any atom is 0.323 e. The van der Waals surface area contributed by atoms with Gasteiger partial charge in [0.2, 0.25) is 0 Å². The van der Waals surface area contributed by atoms with Crippen molar-refractivity contribution in [1.82, 2.24) is 9.88 Å². The lowest BCUT2D eigenvalue weighted by atomic mass is 10.2. The van der Waals surface area contributed by atoms with Crippen LogP contribution in [0.5, 0.6) is 0 Å². The molecule has 6 heteroatoms. The zero-order valence-electron chi connectivity index (χ0n) is 11.5. The zero-order chi connectivity index (χ0) is 14.7. The Kier molecular flexibility index (Phi) is 4.17. The summed E-state index contributed by atoms with van der Waals surface area (Å²) >= 11 is 1.45. The van der Waals surface area contributed by atoms with Gasteiger partial charge >= 0.3 is 6.03 Å². The van der Waals surface area contributed by atoms with Crippen molar-refractivity contribution in [3.63, 3.8) is 0 Å². The minimum absolute atomic E-state index is 0.0144. The first kappa shape index (κ1) is 14.0. The molecular weight excluding hydrogens is 286 g/mol. The lowest BCUT2D eigenvalue weighted by Gasteiger charge is -2.22. The normalized spacial score (nSPS) is 18.0. The average Bonchev–Trinajstić information content (AvgIpc) is 3.16. The van der Waals surface area contributed by atoms with Gasteiger partial charge in [-0.15, -0.1) is 0 Å². The Morgan fingerprint density at radius 3 is 3.00 bits per heavy atom. The number of carbonyl (C=O) groups is 1. The number of thiazole rings is 1. The number of hydrogen-bond donors (Lipinski definition) is 2. The van der Waals surface area contributed by atoms with Crippen LogP contribution >= 0.6 is 11.3 Å². The third kappa shape index (κ3) is 3.06. The molecule has 1 fully saturated rings. The van der Waals surface area contributed by atoms with E-state index >= 15 is 0 Å². The Hall–Kier alpha value is -1.92. The van der Waals surface area contributed by atoms with Gasteiger partial charge in [-0.05, 0) is 18.4 Å². The number of anilines is 1. The van der Waals surface area contributed by atoms with E-state index < -0.39 is 0 Å². The van der Waals surface area contributed by atoms with Crippen molar-refractivity contribution in [1.29, 1.82) is 0 Å². The molecule has 0 unspecified atom stereocenters. The molecule has 2 heterocycles. The summed E-state index contributed by atoms with van der Waals surface area (Å²) in [5.74, 6) is 0. The fraction of sp³-hybridized carbons (Fsp3) is 0.333. The SMILES string of the molecule is O=C(Nc1ncc(-c2ccccc2)s1)N1CCC[C@@H]1CO. The van der Waals surface area contributed by atoms with Crippen molar-refractivity contribution in [3.05, 3.63) is 36.5 Å². The number of nitrogens with one attached hydrogen (secondary N) is 1. The minimum Gasteiger partial charge on any atom is -0.394 e. The molecule has 5 nitrogen and oxygen atoms in total. The number of carbonyl (C=O) groups excluding carboxylic acids is 1. The molecule has 1 aliphatic rings. The zero-order valence-corrected chi connectivity index (χ0v) is 12.3. The van der Waals surface area contributed by atoms with E-state index in [2.05, 4.69) is 10.3 Å². The molecular formula is C15H17N3O2S. The van der Waals surface area contributed by atoms with Crippen LogP contribution in [0.3, 0.4) is 0 Å². The second-order valence-corrected chi connectivity index (χ2v) is 6.03. The van der Waals surface area contributed by atoms with Crippen LogP contribution in [0, 0.1) is 0 Å². The third-order valence-corrected chi connectivity index (χ3v) is 4.59. The van der Waals surface area contributed by atoms with E-state index in [0.29, 0.717) is 11.7 Å². The van der Waals surface area contributed by atoms with Gasteiger partial charge in [-0.1, -0.05) is 41.7 Å². The van der Waals surface area contributed by atoms with Crippen molar-refractivity contribution in [2.75, 3.05) is 18.5 Å². The van der Waals surface area contributed by atoms with E-state index in [1.165, 1.54) is 11.3 Å². The van der Waals surface area contributed by atoms with Gasteiger partial charge in [-0.2, -0.15) is 0 Å². The topological polar surface area (TPSA) is 65.5 Å². The number of likely N-dealkylation sites (tertiary alicyclic amines) is 1. The first-order valence-electron chi connectivity index (χ1n) is 6.97. The highest BCUT2D eigenvalue weighted by Gasteiger charge is 2.28. The average molecular weight is 303 g/mol. The number of aliphatic hydroxyl groups is 1. The second-order valence-electron chi connectivity index (χ2n) is 5.00. The molecule has 1 aromatic heterocycles. The summed E-state index contributed by atoms with van der Waals surface area (Å²) in [6.07, 6.45) is 3.56. The van der Waals surface area contributed by atoms with Crippen molar-refractivity contribution < 1.29 is 9.90 Å². The van der Waals surface area contributed by atoms with Crippen molar-refractivity contribution >= 4 is 22.5 Å². The maximum atomic E-state index is 12.2. The van der Waals surface area contributed by atoms with Crippen molar-refractivity contribution in [3.8, 4) is 10.4 Å². The van der Waals surface area contributed by atoms with E-state index in [0.717, 1.165) is 23.3 Å². The van der Waals surface area contributed by atoms with E-state index in [4.69, 9.17) is 0 Å². The van der Waals surface area contributed by atoms with Crippen LogP contribution in [0.2, 0.25) is 0 Å². The number of amides is 2. The van der Waals surface area contributed by atoms with E-state index in [9.17, 15) is 9.90 Å². The number of benzene rings is 1. The highest BCUT2D eigenvalue weighted by atomic mass is 32.1. The molecule has 1 aromatic carbocycles. The van der Waals surface area contributed by atoms with Gasteiger partial charge in [0.05, 0.1) is 17.5 Å². The van der Waals surface area contributed by atoms with Gasteiger partial charge in [0.15, 0.2) is 5.13 Å². The van der Waals surface area contributed by atoms with Gasteiger partial charge < -0.3 is 10.0 Å². The molecule has 1 saturated heterocycles. The van der Waals surface area contributed by atoms with Crippen LogP contribution in [-0.2, 0) is 0 Å². The molecule has 2 N–H and O–H groups in total. The Morgan fingerprint density at radius 2 is 2.24 bits per heavy atom. The predicted molar refractivity (Wildman–Crippen MR) is 83.4 cm³/mol. The van der Waals surface area contributed by atoms with Gasteiger partial charge in [-0.3, -0.25) is 5.32 Å². The molecule has 3 rings (SSSR count). The lowest BCUT2D eigenvalue weighted by Crippen LogP contribution is -2.40. The molecule has 1 aliphatic heterocycles. The fourth-order valence-electron chi connectivity index (χ4n) is 2.52. The van der Waals surface area contributed by atoms with Crippen LogP contribution < -0.4 is 5.32 Å². The molecule has 0 bridgehead atoms. The van der Waals surface area contributed by atoms with Crippen LogP contribution in [0.1, 0.15) is 12.8 Å². The van der Waals surface area contributed by atoms with Crippen LogP contribution in [0.15, 0.2) is 36.5 Å². The molecule has 0 radical (unpaired) electrons. The molecule has 0 spiro atoms. The second kappa shape index (κ2) is 6.24. The summed E-state index contributed by atoms with van der Waals surface area (Å²) in [5.41, 5.74) is 1.09. The van der Waals surface area contributed by atoms with Crippen LogP contribution in [0.25, 0.3) is 10.4 Å². The van der Waals surface area contributed by atoms with Gasteiger partial charge in [0.1, 0.15) is 0 Å². The molecule has 0 aliphatic carbocycles. The number of rotatable bonds is 3. The highest BCUT2D eigenvalue weighted by Crippen LogP contribution is 2.29. The Bertz CT molecular complexity index is 614. The van der Waals surface area contributed by atoms with E-state index in [1.807, 2.05) is 30.3 Å². The quantitative estimate of drug-likeness (QED) is 0.916. The molecule has 0 saturated carbocycles. The number of hydrogen-bond acceptors (Lipinski definition) is 4. The highest BCUT2D eigenvalue weighted by molar-refractivity contribution is 7.19. The number of aliphatic hydroxyl groups excluding tert-OH is 1. The molecule has 1 atom stereocenters. The van der Waals surface area contributed by atoms with Crippen molar-refractivity contribution in [2.24, 2.45) is 0 Å². The fourth-order valence-corrected chi connectivity index (χ4v) is 3.34. The Labute approximate surface area is 127 Å². The summed E-state index contributed by atoms with van der Waals surface area (Å²) in [6.45, 7) is 0.703. The number of urea groups is 1. The maximum absolute atomic E-state index is 12.2. The first-order valence-corrected chi connectivity index (χ1v) is 7.79. The predicted octanol–water partition coefficient (Wildman–Crippen LogP) is 2.80. The molecule has 2 aromatic rings. The smallest absolute Gasteiger partial charge is 0.323 e. The number of nitrogens with zero attached hydrogens (tertiary/aromatic N) is 2. The summed E-state index contributed by atoms with van der Waals surface area (Å²) in [5, 5.41) is 12.7. The molecule has 21 heavy (non-hydrogen) atoms. The van der Waals surface area contributed by atoms with Crippen LogP contribution in [0.4, 0.5) is 9.93 Å². The molecule has 110 valence electrons. The van der Waals surface area contributed by atoms with E-state index in [1.54, 1.807) is 11.1 Å². The summed E-state index contributed by atoms with van der Waals surface area (Å²) in [7, 11) is 0.